The molecule has 0 aliphatic heterocycles. The second kappa shape index (κ2) is 6.10. The summed E-state index contributed by atoms with van der Waals surface area (Å²) in [5.74, 6) is -1.42. The smallest absolute Gasteiger partial charge is 0.330 e. The number of aryl methyl sites for hydroxylation is 3. The van der Waals surface area contributed by atoms with Crippen molar-refractivity contribution in [3.8, 4) is 0 Å². The van der Waals surface area contributed by atoms with Crippen molar-refractivity contribution in [2.45, 2.75) is 26.8 Å². The largest absolute Gasteiger partial charge is 0.479 e. The van der Waals surface area contributed by atoms with Gasteiger partial charge in [-0.05, 0) is 43.3 Å². The van der Waals surface area contributed by atoms with E-state index in [1.54, 1.807) is 12.1 Å². The van der Waals surface area contributed by atoms with Crippen LogP contribution in [-0.4, -0.2) is 17.0 Å². The summed E-state index contributed by atoms with van der Waals surface area (Å²) in [5, 5.41) is 13.8. The van der Waals surface area contributed by atoms with Crippen molar-refractivity contribution in [2.24, 2.45) is 0 Å². The molecule has 0 aliphatic carbocycles. The lowest BCUT2D eigenvalue weighted by Crippen LogP contribution is -2.33. The lowest BCUT2D eigenvalue weighted by molar-refractivity contribution is -0.139. The lowest BCUT2D eigenvalue weighted by Gasteiger charge is -2.16. The minimum absolute atomic E-state index is 0.353. The number of rotatable bonds is 4. The van der Waals surface area contributed by atoms with E-state index < -0.39 is 12.0 Å². The Morgan fingerprint density at radius 2 is 1.76 bits per heavy atom. The Labute approximate surface area is 127 Å². The summed E-state index contributed by atoms with van der Waals surface area (Å²) in [7, 11) is 0. The molecule has 1 atom stereocenters. The predicted molar refractivity (Wildman–Crippen MR) is 82.8 cm³/mol. The number of carboxylic acid groups (broad SMARTS) is 1. The van der Waals surface area contributed by atoms with Gasteiger partial charge >= 0.3 is 5.97 Å². The molecule has 0 radical (unpaired) electrons. The van der Waals surface area contributed by atoms with E-state index in [1.165, 1.54) is 11.3 Å². The molecule has 1 amide bonds. The van der Waals surface area contributed by atoms with Gasteiger partial charge in [-0.25, -0.2) is 4.79 Å². The van der Waals surface area contributed by atoms with Crippen molar-refractivity contribution >= 4 is 23.2 Å². The van der Waals surface area contributed by atoms with Crippen molar-refractivity contribution < 1.29 is 14.7 Å². The van der Waals surface area contributed by atoms with Crippen LogP contribution in [0.5, 0.6) is 0 Å². The van der Waals surface area contributed by atoms with E-state index in [0.29, 0.717) is 10.4 Å². The maximum absolute atomic E-state index is 12.2. The molecule has 2 aromatic rings. The van der Waals surface area contributed by atoms with Gasteiger partial charge < -0.3 is 10.4 Å². The number of aliphatic carboxylic acids is 1. The maximum atomic E-state index is 12.2. The van der Waals surface area contributed by atoms with E-state index in [-0.39, 0.29) is 5.91 Å². The van der Waals surface area contributed by atoms with E-state index in [0.717, 1.165) is 16.7 Å². The predicted octanol–water partition coefficient (Wildman–Crippen LogP) is 3.23. The highest BCUT2D eigenvalue weighted by Crippen LogP contribution is 2.20. The van der Waals surface area contributed by atoms with Crippen molar-refractivity contribution in [3.05, 3.63) is 56.8 Å². The molecule has 0 saturated heterocycles. The van der Waals surface area contributed by atoms with E-state index in [4.69, 9.17) is 0 Å². The van der Waals surface area contributed by atoms with Gasteiger partial charge in [0.05, 0.1) is 4.88 Å². The average molecular weight is 303 g/mol. The molecule has 0 saturated carbocycles. The van der Waals surface area contributed by atoms with Crippen LogP contribution in [0.15, 0.2) is 29.6 Å². The van der Waals surface area contributed by atoms with Crippen LogP contribution in [0.25, 0.3) is 0 Å². The Hall–Kier alpha value is -2.14. The molecule has 1 unspecified atom stereocenters. The number of amides is 1. The Morgan fingerprint density at radius 3 is 2.24 bits per heavy atom. The molecule has 1 aromatic carbocycles. The summed E-state index contributed by atoms with van der Waals surface area (Å²) in [5.41, 5.74) is 3.38. The molecule has 2 rings (SSSR count). The molecule has 1 heterocycles. The Kier molecular flexibility index (Phi) is 4.43. The highest BCUT2D eigenvalue weighted by Gasteiger charge is 2.24. The number of nitrogens with one attached hydrogen (secondary N) is 1. The van der Waals surface area contributed by atoms with Crippen LogP contribution in [0.3, 0.4) is 0 Å². The van der Waals surface area contributed by atoms with Gasteiger partial charge in [-0.1, -0.05) is 29.3 Å². The minimum Gasteiger partial charge on any atom is -0.479 e. The molecule has 0 aliphatic rings. The average Bonchev–Trinajstić information content (AvgIpc) is 2.80. The lowest BCUT2D eigenvalue weighted by atomic mass is 10.0. The zero-order valence-electron chi connectivity index (χ0n) is 12.1. The summed E-state index contributed by atoms with van der Waals surface area (Å²) >= 11 is 1.31. The van der Waals surface area contributed by atoms with Crippen molar-refractivity contribution in [3.63, 3.8) is 0 Å². The highest BCUT2D eigenvalue weighted by atomic mass is 32.1. The van der Waals surface area contributed by atoms with E-state index in [1.807, 2.05) is 38.3 Å². The molecule has 2 N–H and O–H groups in total. The second-order valence-corrected chi connectivity index (χ2v) is 6.01. The van der Waals surface area contributed by atoms with Crippen molar-refractivity contribution in [1.82, 2.24) is 5.32 Å². The fourth-order valence-electron chi connectivity index (χ4n) is 2.27. The molecule has 1 aromatic heterocycles. The fraction of sp³-hybridized carbons (Fsp3) is 0.250. The molecule has 21 heavy (non-hydrogen) atoms. The van der Waals surface area contributed by atoms with Gasteiger partial charge in [0.2, 0.25) is 0 Å². The maximum Gasteiger partial charge on any atom is 0.330 e. The number of benzene rings is 1. The first-order chi connectivity index (χ1) is 9.88. The highest BCUT2D eigenvalue weighted by molar-refractivity contribution is 7.12. The molecule has 110 valence electrons. The Balaban J connectivity index is 2.30. The first-order valence-corrected chi connectivity index (χ1v) is 7.42. The first kappa shape index (κ1) is 15.3. The summed E-state index contributed by atoms with van der Waals surface area (Å²) < 4.78 is 0. The van der Waals surface area contributed by atoms with Crippen LogP contribution in [0.2, 0.25) is 0 Å². The third-order valence-corrected chi connectivity index (χ3v) is 4.18. The van der Waals surface area contributed by atoms with Crippen molar-refractivity contribution in [1.29, 1.82) is 0 Å². The fourth-order valence-corrected chi connectivity index (χ4v) is 3.09. The molecule has 5 heteroatoms. The molecular weight excluding hydrogens is 286 g/mol. The van der Waals surface area contributed by atoms with Crippen LogP contribution in [-0.2, 0) is 4.79 Å². The van der Waals surface area contributed by atoms with Gasteiger partial charge in [-0.3, -0.25) is 4.79 Å². The molecule has 4 nitrogen and oxygen atoms in total. The third-order valence-electron chi connectivity index (χ3n) is 3.17. The number of carboxylic acids is 1. The minimum atomic E-state index is -1.07. The molecule has 0 spiro atoms. The quantitative estimate of drug-likeness (QED) is 0.911. The van der Waals surface area contributed by atoms with Gasteiger partial charge in [0.1, 0.15) is 0 Å². The monoisotopic (exact) mass is 303 g/mol. The summed E-state index contributed by atoms with van der Waals surface area (Å²) in [6.07, 6.45) is 0. The summed E-state index contributed by atoms with van der Waals surface area (Å²) in [6, 6.07) is 6.33. The third kappa shape index (κ3) is 3.49. The Morgan fingerprint density at radius 1 is 1.14 bits per heavy atom. The standard InChI is InChI=1S/C16H17NO3S/c1-9-6-10(2)8-12(7-9)13(16(19)20)17-15(18)14-11(3)4-5-21-14/h4-8,13H,1-3H3,(H,17,18)(H,19,20). The van der Waals surface area contributed by atoms with Gasteiger partial charge in [0, 0.05) is 0 Å². The number of carbonyl (C=O) groups excluding carboxylic acids is 1. The van der Waals surface area contributed by atoms with Crippen LogP contribution in [0, 0.1) is 20.8 Å². The van der Waals surface area contributed by atoms with Gasteiger partial charge in [0.15, 0.2) is 6.04 Å². The Bertz CT molecular complexity index is 670. The van der Waals surface area contributed by atoms with Gasteiger partial charge in [-0.15, -0.1) is 11.3 Å². The van der Waals surface area contributed by atoms with E-state index >= 15 is 0 Å². The van der Waals surface area contributed by atoms with Crippen molar-refractivity contribution in [2.75, 3.05) is 0 Å². The van der Waals surface area contributed by atoms with Crippen LogP contribution in [0.4, 0.5) is 0 Å². The van der Waals surface area contributed by atoms with Gasteiger partial charge in [0.25, 0.3) is 5.91 Å². The van der Waals surface area contributed by atoms with Crippen LogP contribution < -0.4 is 5.32 Å². The van der Waals surface area contributed by atoms with Gasteiger partial charge in [-0.2, -0.15) is 0 Å². The topological polar surface area (TPSA) is 66.4 Å². The van der Waals surface area contributed by atoms with E-state index in [2.05, 4.69) is 5.32 Å². The SMILES string of the molecule is Cc1cc(C)cc(C(NC(=O)c2sccc2C)C(=O)O)c1. The van der Waals surface area contributed by atoms with Crippen LogP contribution in [0.1, 0.15) is 38.0 Å². The normalized spacial score (nSPS) is 12.0. The molecule has 0 bridgehead atoms. The summed E-state index contributed by atoms with van der Waals surface area (Å²) in [6.45, 7) is 5.64. The molecular formula is C16H17NO3S. The number of carbonyl (C=O) groups is 2. The number of hydrogen-bond acceptors (Lipinski definition) is 3. The number of hydrogen-bond donors (Lipinski definition) is 2. The summed E-state index contributed by atoms with van der Waals surface area (Å²) in [4.78, 5) is 24.3. The number of thiophene rings is 1. The van der Waals surface area contributed by atoms with Crippen LogP contribution >= 0.6 is 11.3 Å². The second-order valence-electron chi connectivity index (χ2n) is 5.10. The zero-order chi connectivity index (χ0) is 15.6. The zero-order valence-corrected chi connectivity index (χ0v) is 13.0. The first-order valence-electron chi connectivity index (χ1n) is 6.54. The van der Waals surface area contributed by atoms with E-state index in [9.17, 15) is 14.7 Å². The molecule has 0 fully saturated rings.